The van der Waals surface area contributed by atoms with Crippen LogP contribution < -0.4 is 5.32 Å². The normalized spacial score (nSPS) is 10.3. The summed E-state index contributed by atoms with van der Waals surface area (Å²) in [6.45, 7) is 7.43. The molecule has 0 aromatic heterocycles. The lowest BCUT2D eigenvalue weighted by Gasteiger charge is -2.06. The zero-order valence-corrected chi connectivity index (χ0v) is 9.76. The second-order valence-corrected chi connectivity index (χ2v) is 3.93. The van der Waals surface area contributed by atoms with Crippen molar-refractivity contribution in [3.63, 3.8) is 0 Å². The highest BCUT2D eigenvalue weighted by molar-refractivity contribution is 5.83. The Bertz CT molecular complexity index is 344. The molecule has 1 rings (SSSR count). The van der Waals surface area contributed by atoms with Crippen LogP contribution in [0.25, 0.3) is 0 Å². The van der Waals surface area contributed by atoms with Crippen molar-refractivity contribution in [2.24, 2.45) is 0 Å². The number of rotatable bonds is 5. The molecule has 0 radical (unpaired) electrons. The van der Waals surface area contributed by atoms with Gasteiger partial charge in [0.05, 0.1) is 6.54 Å². The Kier molecular flexibility index (Phi) is 4.50. The van der Waals surface area contributed by atoms with Crippen molar-refractivity contribution in [1.82, 2.24) is 5.32 Å². The van der Waals surface area contributed by atoms with E-state index in [9.17, 15) is 4.79 Å². The molecule has 0 aliphatic rings. The Morgan fingerprint density at radius 2 is 2.07 bits per heavy atom. The molecule has 0 fully saturated rings. The minimum atomic E-state index is 0.255. The maximum absolute atomic E-state index is 11.6. The van der Waals surface area contributed by atoms with Gasteiger partial charge in [0.2, 0.25) is 0 Å². The van der Waals surface area contributed by atoms with Crippen molar-refractivity contribution in [3.05, 3.63) is 34.9 Å². The summed E-state index contributed by atoms with van der Waals surface area (Å²) in [6.07, 6.45) is 0.542. The summed E-state index contributed by atoms with van der Waals surface area (Å²) in [5, 5.41) is 3.05. The number of hydrogen-bond donors (Lipinski definition) is 1. The number of benzene rings is 1. The van der Waals surface area contributed by atoms with Crippen LogP contribution >= 0.6 is 0 Å². The zero-order chi connectivity index (χ0) is 11.3. The summed E-state index contributed by atoms with van der Waals surface area (Å²) >= 11 is 0. The minimum Gasteiger partial charge on any atom is -0.310 e. The summed E-state index contributed by atoms with van der Waals surface area (Å²) in [6, 6.07) is 6.25. The van der Waals surface area contributed by atoms with Gasteiger partial charge >= 0.3 is 0 Å². The van der Waals surface area contributed by atoms with E-state index in [0.29, 0.717) is 13.0 Å². The molecule has 2 heteroatoms. The molecule has 1 aromatic carbocycles. The molecule has 0 saturated carbocycles. The third-order valence-electron chi connectivity index (χ3n) is 2.46. The second kappa shape index (κ2) is 5.66. The van der Waals surface area contributed by atoms with E-state index in [-0.39, 0.29) is 5.78 Å². The number of likely N-dealkylation sites (N-methyl/N-ethyl adjacent to an activating group) is 1. The molecule has 2 nitrogen and oxygen atoms in total. The van der Waals surface area contributed by atoms with Crippen LogP contribution in [0.3, 0.4) is 0 Å². The van der Waals surface area contributed by atoms with Gasteiger partial charge in [-0.2, -0.15) is 0 Å². The highest BCUT2D eigenvalue weighted by atomic mass is 16.1. The van der Waals surface area contributed by atoms with E-state index in [4.69, 9.17) is 0 Å². The zero-order valence-electron chi connectivity index (χ0n) is 9.76. The van der Waals surface area contributed by atoms with Gasteiger partial charge in [-0.3, -0.25) is 4.79 Å². The average Bonchev–Trinajstić information content (AvgIpc) is 2.20. The van der Waals surface area contributed by atoms with Crippen LogP contribution in [0, 0.1) is 13.8 Å². The van der Waals surface area contributed by atoms with E-state index in [0.717, 1.165) is 12.1 Å². The number of hydrogen-bond acceptors (Lipinski definition) is 2. The molecule has 15 heavy (non-hydrogen) atoms. The van der Waals surface area contributed by atoms with E-state index < -0.39 is 0 Å². The number of nitrogens with one attached hydrogen (secondary N) is 1. The predicted octanol–water partition coefficient (Wildman–Crippen LogP) is 2.02. The van der Waals surface area contributed by atoms with Crippen LogP contribution in [0.1, 0.15) is 23.6 Å². The molecule has 1 N–H and O–H groups in total. The molecule has 0 unspecified atom stereocenters. The highest BCUT2D eigenvalue weighted by Crippen LogP contribution is 2.11. The van der Waals surface area contributed by atoms with E-state index in [2.05, 4.69) is 37.4 Å². The molecule has 82 valence electrons. The van der Waals surface area contributed by atoms with Crippen molar-refractivity contribution in [3.8, 4) is 0 Å². The maximum Gasteiger partial charge on any atom is 0.150 e. The first-order valence-electron chi connectivity index (χ1n) is 5.42. The Labute approximate surface area is 91.7 Å². The Balaban J connectivity index is 2.63. The third kappa shape index (κ3) is 3.84. The van der Waals surface area contributed by atoms with Gasteiger partial charge in [0.15, 0.2) is 5.78 Å². The van der Waals surface area contributed by atoms with Crippen molar-refractivity contribution < 1.29 is 4.79 Å². The summed E-state index contributed by atoms with van der Waals surface area (Å²) < 4.78 is 0. The third-order valence-corrected chi connectivity index (χ3v) is 2.46. The standard InChI is InChI=1S/C13H19NO/c1-4-14-9-13(15)8-12-7-10(2)5-6-11(12)3/h5-7,14H,4,8-9H2,1-3H3. The van der Waals surface area contributed by atoms with Crippen LogP contribution in [0.2, 0.25) is 0 Å². The molecule has 0 atom stereocenters. The van der Waals surface area contributed by atoms with Crippen LogP contribution in [0.5, 0.6) is 0 Å². The van der Waals surface area contributed by atoms with E-state index in [1.54, 1.807) is 0 Å². The molecule has 0 aliphatic carbocycles. The second-order valence-electron chi connectivity index (χ2n) is 3.93. The average molecular weight is 205 g/mol. The van der Waals surface area contributed by atoms with Gasteiger partial charge in [0.25, 0.3) is 0 Å². The van der Waals surface area contributed by atoms with Crippen molar-refractivity contribution in [2.45, 2.75) is 27.2 Å². The van der Waals surface area contributed by atoms with Crippen LogP contribution in [-0.4, -0.2) is 18.9 Å². The van der Waals surface area contributed by atoms with Gasteiger partial charge in [-0.25, -0.2) is 0 Å². The fourth-order valence-electron chi connectivity index (χ4n) is 1.53. The first kappa shape index (κ1) is 11.9. The number of Topliss-reactive ketones (excluding diaryl/α,β-unsaturated/α-hetero) is 1. The van der Waals surface area contributed by atoms with Gasteiger partial charge in [-0.05, 0) is 31.5 Å². The smallest absolute Gasteiger partial charge is 0.150 e. The summed E-state index contributed by atoms with van der Waals surface area (Å²) in [4.78, 5) is 11.6. The summed E-state index contributed by atoms with van der Waals surface area (Å²) in [7, 11) is 0. The molecular weight excluding hydrogens is 186 g/mol. The number of ketones is 1. The SMILES string of the molecule is CCNCC(=O)Cc1cc(C)ccc1C. The molecule has 0 amide bonds. The Morgan fingerprint density at radius 3 is 2.73 bits per heavy atom. The monoisotopic (exact) mass is 205 g/mol. The largest absolute Gasteiger partial charge is 0.310 e. The summed E-state index contributed by atoms with van der Waals surface area (Å²) in [5.74, 6) is 0.255. The molecule has 0 spiro atoms. The molecule has 0 bridgehead atoms. The maximum atomic E-state index is 11.6. The van der Waals surface area contributed by atoms with Gasteiger partial charge in [-0.1, -0.05) is 30.7 Å². The fraction of sp³-hybridized carbons (Fsp3) is 0.462. The minimum absolute atomic E-state index is 0.255. The number of carbonyl (C=O) groups is 1. The van der Waals surface area contributed by atoms with Crippen LogP contribution in [0.4, 0.5) is 0 Å². The Morgan fingerprint density at radius 1 is 1.33 bits per heavy atom. The Hall–Kier alpha value is -1.15. The number of aryl methyl sites for hydroxylation is 2. The first-order valence-corrected chi connectivity index (χ1v) is 5.42. The predicted molar refractivity (Wildman–Crippen MR) is 63.2 cm³/mol. The van der Waals surface area contributed by atoms with E-state index in [1.807, 2.05) is 6.92 Å². The molecular formula is C13H19NO. The molecule has 0 saturated heterocycles. The lowest BCUT2D eigenvalue weighted by molar-refractivity contribution is -0.117. The molecule has 1 aromatic rings. The van der Waals surface area contributed by atoms with Gasteiger partial charge < -0.3 is 5.32 Å². The fourth-order valence-corrected chi connectivity index (χ4v) is 1.53. The van der Waals surface area contributed by atoms with E-state index in [1.165, 1.54) is 11.1 Å². The lowest BCUT2D eigenvalue weighted by Crippen LogP contribution is -2.24. The topological polar surface area (TPSA) is 29.1 Å². The van der Waals surface area contributed by atoms with Crippen molar-refractivity contribution in [2.75, 3.05) is 13.1 Å². The van der Waals surface area contributed by atoms with Crippen LogP contribution in [-0.2, 0) is 11.2 Å². The van der Waals surface area contributed by atoms with E-state index >= 15 is 0 Å². The quantitative estimate of drug-likeness (QED) is 0.797. The van der Waals surface area contributed by atoms with Gasteiger partial charge in [-0.15, -0.1) is 0 Å². The van der Waals surface area contributed by atoms with Crippen LogP contribution in [0.15, 0.2) is 18.2 Å². The molecule has 0 heterocycles. The van der Waals surface area contributed by atoms with Gasteiger partial charge in [0.1, 0.15) is 0 Å². The lowest BCUT2D eigenvalue weighted by atomic mass is 10.0. The summed E-state index contributed by atoms with van der Waals surface area (Å²) in [5.41, 5.74) is 3.57. The van der Waals surface area contributed by atoms with Crippen molar-refractivity contribution >= 4 is 5.78 Å². The first-order chi connectivity index (χ1) is 7.13. The van der Waals surface area contributed by atoms with Gasteiger partial charge in [0, 0.05) is 6.42 Å². The number of carbonyl (C=O) groups excluding carboxylic acids is 1. The highest BCUT2D eigenvalue weighted by Gasteiger charge is 2.05. The molecule has 0 aliphatic heterocycles. The van der Waals surface area contributed by atoms with Crippen molar-refractivity contribution in [1.29, 1.82) is 0 Å².